The Balaban J connectivity index is 1.31. The van der Waals surface area contributed by atoms with Gasteiger partial charge in [0.05, 0.1) is 10.6 Å². The zero-order valence-electron chi connectivity index (χ0n) is 19.3. The zero-order chi connectivity index (χ0) is 25.0. The van der Waals surface area contributed by atoms with Crippen LogP contribution in [0.1, 0.15) is 24.0 Å². The highest BCUT2D eigenvalue weighted by Crippen LogP contribution is 2.26. The Labute approximate surface area is 216 Å². The molecule has 0 bridgehead atoms. The molecule has 1 saturated heterocycles. The van der Waals surface area contributed by atoms with Gasteiger partial charge in [-0.15, -0.1) is 0 Å². The number of carbonyl (C=O) groups is 1. The molecule has 0 atom stereocenters. The van der Waals surface area contributed by atoms with Gasteiger partial charge in [-0.1, -0.05) is 53.0 Å². The van der Waals surface area contributed by atoms with E-state index in [4.69, 9.17) is 23.2 Å². The number of piperidine rings is 1. The third-order valence-corrected chi connectivity index (χ3v) is 7.83. The van der Waals surface area contributed by atoms with Crippen LogP contribution < -0.4 is 10.0 Å². The predicted molar refractivity (Wildman–Crippen MR) is 142 cm³/mol. The van der Waals surface area contributed by atoms with Gasteiger partial charge in [0.25, 0.3) is 10.0 Å². The Kier molecular flexibility index (Phi) is 8.02. The monoisotopic (exact) mass is 531 g/mol. The molecular formula is C26H27Cl2N3O3S. The molecule has 0 radical (unpaired) electrons. The number of nitrogens with zero attached hydrogens (tertiary/aromatic N) is 1. The second-order valence-corrected chi connectivity index (χ2v) is 11.4. The normalized spacial score (nSPS) is 15.1. The summed E-state index contributed by atoms with van der Waals surface area (Å²) in [5.74, 6) is -0.107. The number of aryl methyl sites for hydroxylation is 1. The van der Waals surface area contributed by atoms with Gasteiger partial charge in [0.15, 0.2) is 0 Å². The lowest BCUT2D eigenvalue weighted by molar-refractivity contribution is -0.121. The Morgan fingerprint density at radius 2 is 1.60 bits per heavy atom. The van der Waals surface area contributed by atoms with E-state index in [0.717, 1.165) is 32.5 Å². The highest BCUT2D eigenvalue weighted by atomic mass is 35.5. The number of nitrogens with one attached hydrogen (secondary N) is 2. The fourth-order valence-electron chi connectivity index (χ4n) is 4.21. The van der Waals surface area contributed by atoms with Gasteiger partial charge < -0.3 is 5.32 Å². The first-order valence-corrected chi connectivity index (χ1v) is 13.6. The Morgan fingerprint density at radius 3 is 2.23 bits per heavy atom. The van der Waals surface area contributed by atoms with Crippen LogP contribution in [0.5, 0.6) is 0 Å². The maximum Gasteiger partial charge on any atom is 0.261 e. The van der Waals surface area contributed by atoms with E-state index < -0.39 is 10.0 Å². The summed E-state index contributed by atoms with van der Waals surface area (Å²) in [5, 5.41) is 3.58. The number of benzene rings is 3. The maximum absolute atomic E-state index is 12.8. The van der Waals surface area contributed by atoms with Crippen molar-refractivity contribution in [3.63, 3.8) is 0 Å². The van der Waals surface area contributed by atoms with Crippen LogP contribution in [0.15, 0.2) is 71.6 Å². The van der Waals surface area contributed by atoms with E-state index >= 15 is 0 Å². The van der Waals surface area contributed by atoms with Crippen molar-refractivity contribution in [2.24, 2.45) is 5.92 Å². The van der Waals surface area contributed by atoms with Crippen LogP contribution >= 0.6 is 23.2 Å². The van der Waals surface area contributed by atoms with Gasteiger partial charge in [0, 0.05) is 28.2 Å². The highest BCUT2D eigenvalue weighted by Gasteiger charge is 2.25. The molecule has 0 saturated carbocycles. The Morgan fingerprint density at radius 1 is 0.943 bits per heavy atom. The topological polar surface area (TPSA) is 78.5 Å². The molecule has 3 aromatic rings. The zero-order valence-corrected chi connectivity index (χ0v) is 21.6. The van der Waals surface area contributed by atoms with Crippen molar-refractivity contribution in [2.45, 2.75) is 31.2 Å². The molecule has 0 aliphatic carbocycles. The first-order chi connectivity index (χ1) is 16.7. The van der Waals surface area contributed by atoms with Crippen molar-refractivity contribution in [1.29, 1.82) is 0 Å². The lowest BCUT2D eigenvalue weighted by Gasteiger charge is -2.31. The average molecular weight is 532 g/mol. The van der Waals surface area contributed by atoms with Crippen LogP contribution in [-0.2, 0) is 21.4 Å². The first kappa shape index (κ1) is 25.5. The smallest absolute Gasteiger partial charge is 0.261 e. The van der Waals surface area contributed by atoms with E-state index in [1.807, 2.05) is 0 Å². The van der Waals surface area contributed by atoms with Gasteiger partial charge in [-0.25, -0.2) is 8.42 Å². The molecule has 1 fully saturated rings. The van der Waals surface area contributed by atoms with Gasteiger partial charge >= 0.3 is 0 Å². The molecular weight excluding hydrogens is 505 g/mol. The molecule has 4 rings (SSSR count). The number of amides is 1. The summed E-state index contributed by atoms with van der Waals surface area (Å²) in [4.78, 5) is 15.2. The van der Waals surface area contributed by atoms with E-state index in [0.29, 0.717) is 15.7 Å². The van der Waals surface area contributed by atoms with Gasteiger partial charge in [0.2, 0.25) is 5.91 Å². The summed E-state index contributed by atoms with van der Waals surface area (Å²) in [5.41, 5.74) is 3.37. The minimum absolute atomic E-state index is 0.0393. The van der Waals surface area contributed by atoms with Crippen LogP contribution in [-0.4, -0.2) is 32.3 Å². The fourth-order valence-corrected chi connectivity index (χ4v) is 5.78. The highest BCUT2D eigenvalue weighted by molar-refractivity contribution is 7.92. The van der Waals surface area contributed by atoms with Crippen molar-refractivity contribution >= 4 is 50.5 Å². The van der Waals surface area contributed by atoms with E-state index in [1.54, 1.807) is 12.1 Å². The summed E-state index contributed by atoms with van der Waals surface area (Å²) in [6.07, 6.45) is 1.58. The van der Waals surface area contributed by atoms with Crippen LogP contribution in [0.3, 0.4) is 0 Å². The quantitative estimate of drug-likeness (QED) is 0.394. The van der Waals surface area contributed by atoms with Crippen molar-refractivity contribution in [1.82, 2.24) is 4.90 Å². The number of anilines is 2. The number of sulfonamides is 1. The first-order valence-electron chi connectivity index (χ1n) is 11.4. The standard InChI is InChI=1S/C26H27Cl2N3O3S/c1-18-3-2-4-19(13-18)17-31-11-9-20(10-12-31)26(32)29-23-5-7-25(8-6-23)35(33,34)30-24-15-21(27)14-22(28)16-24/h2-8,13-16,20,30H,9-12,17H2,1H3,(H,29,32). The number of hydrogen-bond donors (Lipinski definition) is 2. The van der Waals surface area contributed by atoms with E-state index in [2.05, 4.69) is 46.1 Å². The molecule has 35 heavy (non-hydrogen) atoms. The van der Waals surface area contributed by atoms with Crippen LogP contribution in [0, 0.1) is 12.8 Å². The van der Waals surface area contributed by atoms with Crippen molar-refractivity contribution in [2.75, 3.05) is 23.1 Å². The second-order valence-electron chi connectivity index (χ2n) is 8.82. The minimum Gasteiger partial charge on any atom is -0.326 e. The summed E-state index contributed by atoms with van der Waals surface area (Å²) < 4.78 is 27.9. The number of likely N-dealkylation sites (tertiary alicyclic amines) is 1. The number of carbonyl (C=O) groups excluding carboxylic acids is 1. The molecule has 0 aromatic heterocycles. The molecule has 1 aliphatic heterocycles. The van der Waals surface area contributed by atoms with E-state index in [1.165, 1.54) is 41.5 Å². The SMILES string of the molecule is Cc1cccc(CN2CCC(C(=O)Nc3ccc(S(=O)(=O)Nc4cc(Cl)cc(Cl)c4)cc3)CC2)c1. The molecule has 2 N–H and O–H groups in total. The summed E-state index contributed by atoms with van der Waals surface area (Å²) in [6, 6.07) is 19.1. The maximum atomic E-state index is 12.8. The molecule has 1 heterocycles. The van der Waals surface area contributed by atoms with Gasteiger partial charge in [0.1, 0.15) is 0 Å². The third-order valence-electron chi connectivity index (χ3n) is 5.99. The number of rotatable bonds is 7. The lowest BCUT2D eigenvalue weighted by Crippen LogP contribution is -2.37. The lowest BCUT2D eigenvalue weighted by atomic mass is 9.95. The fraction of sp³-hybridized carbons (Fsp3) is 0.269. The van der Waals surface area contributed by atoms with Crippen molar-refractivity contribution < 1.29 is 13.2 Å². The summed E-state index contributed by atoms with van der Waals surface area (Å²) in [6.45, 7) is 4.71. The van der Waals surface area contributed by atoms with Crippen molar-refractivity contribution in [3.05, 3.63) is 87.9 Å². The van der Waals surface area contributed by atoms with Crippen LogP contribution in [0.25, 0.3) is 0 Å². The molecule has 9 heteroatoms. The minimum atomic E-state index is -3.83. The van der Waals surface area contributed by atoms with Gasteiger partial charge in [-0.3, -0.25) is 14.4 Å². The molecule has 184 valence electrons. The van der Waals surface area contributed by atoms with Crippen LogP contribution in [0.2, 0.25) is 10.0 Å². The molecule has 6 nitrogen and oxygen atoms in total. The molecule has 1 amide bonds. The number of hydrogen-bond acceptors (Lipinski definition) is 4. The Hall–Kier alpha value is -2.58. The van der Waals surface area contributed by atoms with Gasteiger partial charge in [-0.2, -0.15) is 0 Å². The average Bonchev–Trinajstić information content (AvgIpc) is 2.79. The second kappa shape index (κ2) is 11.0. The summed E-state index contributed by atoms with van der Waals surface area (Å²) in [7, 11) is -3.83. The van der Waals surface area contributed by atoms with E-state index in [9.17, 15) is 13.2 Å². The summed E-state index contributed by atoms with van der Waals surface area (Å²) >= 11 is 11.9. The van der Waals surface area contributed by atoms with E-state index in [-0.39, 0.29) is 22.4 Å². The molecule has 3 aromatic carbocycles. The molecule has 0 spiro atoms. The predicted octanol–water partition coefficient (Wildman–Crippen LogP) is 5.95. The molecule has 1 aliphatic rings. The van der Waals surface area contributed by atoms with Gasteiger partial charge in [-0.05, 0) is 80.9 Å². The van der Waals surface area contributed by atoms with Crippen LogP contribution in [0.4, 0.5) is 11.4 Å². The largest absolute Gasteiger partial charge is 0.326 e. The Bertz CT molecular complexity index is 1290. The molecule has 0 unspecified atom stereocenters. The van der Waals surface area contributed by atoms with Crippen molar-refractivity contribution in [3.8, 4) is 0 Å². The third kappa shape index (κ3) is 6.98. The number of halogens is 2.